The van der Waals surface area contributed by atoms with Gasteiger partial charge in [0.15, 0.2) is 0 Å². The molecular weight excluding hydrogens is 370 g/mol. The van der Waals surface area contributed by atoms with Crippen molar-refractivity contribution in [3.63, 3.8) is 0 Å². The van der Waals surface area contributed by atoms with Gasteiger partial charge in [0.2, 0.25) is 5.13 Å². The summed E-state index contributed by atoms with van der Waals surface area (Å²) in [5.74, 6) is 0.151. The lowest BCUT2D eigenvalue weighted by molar-refractivity contribution is 0.471. The molecule has 0 aliphatic rings. The zero-order valence-corrected chi connectivity index (χ0v) is 12.4. The molecule has 2 N–H and O–H groups in total. The number of aromatic nitrogens is 1. The molecule has 17 heavy (non-hydrogen) atoms. The van der Waals surface area contributed by atoms with Crippen LogP contribution in [0.2, 0.25) is 0 Å². The van der Waals surface area contributed by atoms with Crippen LogP contribution in [-0.4, -0.2) is 16.3 Å². The zero-order chi connectivity index (χ0) is 12.3. The Morgan fingerprint density at radius 3 is 2.94 bits per heavy atom. The lowest BCUT2D eigenvalue weighted by Gasteiger charge is -2.02. The van der Waals surface area contributed by atoms with Gasteiger partial charge in [-0.25, -0.2) is 4.98 Å². The Morgan fingerprint density at radius 1 is 1.41 bits per heavy atom. The number of thiazole rings is 1. The minimum Gasteiger partial charge on any atom is -0.506 e. The summed E-state index contributed by atoms with van der Waals surface area (Å²) in [6, 6.07) is 3.54. The first-order chi connectivity index (χ1) is 8.16. The van der Waals surface area contributed by atoms with Gasteiger partial charge in [0.1, 0.15) is 5.75 Å². The molecule has 0 saturated heterocycles. The molecule has 2 rings (SSSR count). The van der Waals surface area contributed by atoms with Crippen molar-refractivity contribution in [3.05, 3.63) is 38.2 Å². The Hall–Kier alpha value is -0.920. The maximum absolute atomic E-state index is 9.78. The maximum atomic E-state index is 9.78. The standard InChI is InChI=1S/C10H7Br2N3OS/c11-7-3-6(9(16)8(12)4-7)5-14-15-10-13-1-2-17-10/h1-5,16H,(H,13,15)/b14-5+. The van der Waals surface area contributed by atoms with Crippen molar-refractivity contribution in [3.8, 4) is 5.75 Å². The van der Waals surface area contributed by atoms with Crippen LogP contribution < -0.4 is 5.43 Å². The summed E-state index contributed by atoms with van der Waals surface area (Å²) in [5.41, 5.74) is 3.38. The Bertz CT molecular complexity index is 543. The predicted molar refractivity (Wildman–Crippen MR) is 76.8 cm³/mol. The molecule has 0 aliphatic heterocycles. The molecule has 1 aromatic heterocycles. The molecule has 0 fully saturated rings. The Morgan fingerprint density at radius 2 is 2.24 bits per heavy atom. The van der Waals surface area contributed by atoms with Crippen molar-refractivity contribution >= 4 is 54.5 Å². The van der Waals surface area contributed by atoms with Gasteiger partial charge in [0.25, 0.3) is 0 Å². The minimum atomic E-state index is 0.151. The SMILES string of the molecule is Oc1c(Br)cc(Br)cc1/C=N/Nc1nccs1. The fourth-order valence-electron chi connectivity index (χ4n) is 1.12. The molecule has 0 radical (unpaired) electrons. The predicted octanol–water partition coefficient (Wildman–Crippen LogP) is 3.82. The monoisotopic (exact) mass is 375 g/mol. The van der Waals surface area contributed by atoms with Gasteiger partial charge in [-0.05, 0) is 28.1 Å². The number of benzene rings is 1. The molecule has 2 aromatic rings. The topological polar surface area (TPSA) is 57.5 Å². The molecule has 0 saturated carbocycles. The first-order valence-corrected chi connectivity index (χ1v) is 7.00. The van der Waals surface area contributed by atoms with E-state index in [-0.39, 0.29) is 5.75 Å². The Labute approximate surface area is 119 Å². The Kier molecular flexibility index (Phi) is 4.14. The lowest BCUT2D eigenvalue weighted by Crippen LogP contribution is -1.90. The molecule has 0 aliphatic carbocycles. The van der Waals surface area contributed by atoms with E-state index in [1.165, 1.54) is 17.6 Å². The molecule has 1 heterocycles. The number of nitrogens with zero attached hydrogens (tertiary/aromatic N) is 2. The number of hydrogen-bond acceptors (Lipinski definition) is 5. The smallest absolute Gasteiger partial charge is 0.203 e. The van der Waals surface area contributed by atoms with Crippen LogP contribution in [0.3, 0.4) is 0 Å². The average Bonchev–Trinajstić information content (AvgIpc) is 2.78. The molecule has 4 nitrogen and oxygen atoms in total. The number of nitrogens with one attached hydrogen (secondary N) is 1. The summed E-state index contributed by atoms with van der Waals surface area (Å²) in [6.45, 7) is 0. The second-order valence-corrected chi connectivity index (χ2v) is 5.70. The first-order valence-electron chi connectivity index (χ1n) is 4.53. The molecular formula is C10H7Br2N3OS. The summed E-state index contributed by atoms with van der Waals surface area (Å²) in [4.78, 5) is 4.02. The highest BCUT2D eigenvalue weighted by Gasteiger charge is 2.05. The maximum Gasteiger partial charge on any atom is 0.203 e. The van der Waals surface area contributed by atoms with Crippen LogP contribution in [-0.2, 0) is 0 Å². The van der Waals surface area contributed by atoms with E-state index >= 15 is 0 Å². The molecule has 88 valence electrons. The number of aromatic hydroxyl groups is 1. The lowest BCUT2D eigenvalue weighted by atomic mass is 10.2. The summed E-state index contributed by atoms with van der Waals surface area (Å²) >= 11 is 8.05. The van der Waals surface area contributed by atoms with Crippen molar-refractivity contribution < 1.29 is 5.11 Å². The average molecular weight is 377 g/mol. The largest absolute Gasteiger partial charge is 0.506 e. The van der Waals surface area contributed by atoms with Crippen LogP contribution in [0.5, 0.6) is 5.75 Å². The van der Waals surface area contributed by atoms with Crippen LogP contribution in [0.25, 0.3) is 0 Å². The van der Waals surface area contributed by atoms with Crippen LogP contribution >= 0.6 is 43.2 Å². The highest BCUT2D eigenvalue weighted by molar-refractivity contribution is 9.11. The molecule has 0 amide bonds. The van der Waals surface area contributed by atoms with Crippen LogP contribution in [0, 0.1) is 0 Å². The van der Waals surface area contributed by atoms with Gasteiger partial charge in [-0.2, -0.15) is 5.10 Å². The number of phenolic OH excluding ortho intramolecular Hbond substituents is 1. The van der Waals surface area contributed by atoms with E-state index in [0.29, 0.717) is 15.2 Å². The number of hydrogen-bond donors (Lipinski definition) is 2. The highest BCUT2D eigenvalue weighted by Crippen LogP contribution is 2.30. The number of hydrazone groups is 1. The van der Waals surface area contributed by atoms with Gasteiger partial charge in [0.05, 0.1) is 10.7 Å². The van der Waals surface area contributed by atoms with E-state index in [1.807, 2.05) is 5.38 Å². The van der Waals surface area contributed by atoms with Gasteiger partial charge in [-0.1, -0.05) is 15.9 Å². The van der Waals surface area contributed by atoms with E-state index in [0.717, 1.165) is 4.47 Å². The second-order valence-electron chi connectivity index (χ2n) is 3.03. The first kappa shape index (κ1) is 12.5. The molecule has 0 bridgehead atoms. The molecule has 0 unspecified atom stereocenters. The fourth-order valence-corrected chi connectivity index (χ4v) is 2.86. The normalized spacial score (nSPS) is 10.9. The zero-order valence-electron chi connectivity index (χ0n) is 8.39. The van der Waals surface area contributed by atoms with E-state index < -0.39 is 0 Å². The van der Waals surface area contributed by atoms with Gasteiger partial charge >= 0.3 is 0 Å². The van der Waals surface area contributed by atoms with Gasteiger partial charge in [0, 0.05) is 21.6 Å². The Balaban J connectivity index is 2.15. The van der Waals surface area contributed by atoms with Gasteiger partial charge in [-0.15, -0.1) is 11.3 Å². The summed E-state index contributed by atoms with van der Waals surface area (Å²) in [6.07, 6.45) is 3.22. The van der Waals surface area contributed by atoms with Crippen LogP contribution in [0.1, 0.15) is 5.56 Å². The van der Waals surface area contributed by atoms with Gasteiger partial charge in [-0.3, -0.25) is 5.43 Å². The highest BCUT2D eigenvalue weighted by atomic mass is 79.9. The van der Waals surface area contributed by atoms with E-state index in [1.54, 1.807) is 18.3 Å². The summed E-state index contributed by atoms with van der Waals surface area (Å²) in [7, 11) is 0. The fraction of sp³-hybridized carbons (Fsp3) is 0. The van der Waals surface area contributed by atoms with Crippen molar-refractivity contribution in [2.45, 2.75) is 0 Å². The molecule has 0 spiro atoms. The van der Waals surface area contributed by atoms with E-state index in [9.17, 15) is 5.11 Å². The quantitative estimate of drug-likeness (QED) is 0.632. The molecule has 1 aromatic carbocycles. The third-order valence-electron chi connectivity index (χ3n) is 1.85. The van der Waals surface area contributed by atoms with E-state index in [4.69, 9.17) is 0 Å². The summed E-state index contributed by atoms with van der Waals surface area (Å²) in [5, 5.41) is 16.3. The third kappa shape index (κ3) is 3.27. The number of anilines is 1. The van der Waals surface area contributed by atoms with Crippen molar-refractivity contribution in [2.75, 3.05) is 5.43 Å². The van der Waals surface area contributed by atoms with Crippen LogP contribution in [0.4, 0.5) is 5.13 Å². The van der Waals surface area contributed by atoms with Crippen molar-refractivity contribution in [2.24, 2.45) is 5.10 Å². The summed E-state index contributed by atoms with van der Waals surface area (Å²) < 4.78 is 1.47. The minimum absolute atomic E-state index is 0.151. The van der Waals surface area contributed by atoms with Crippen molar-refractivity contribution in [1.29, 1.82) is 0 Å². The molecule has 0 atom stereocenters. The van der Waals surface area contributed by atoms with Crippen LogP contribution in [0.15, 0.2) is 37.8 Å². The third-order valence-corrected chi connectivity index (χ3v) is 3.59. The van der Waals surface area contributed by atoms with Gasteiger partial charge < -0.3 is 5.11 Å². The second kappa shape index (κ2) is 5.61. The molecule has 7 heteroatoms. The number of rotatable bonds is 3. The number of phenols is 1. The van der Waals surface area contributed by atoms with Crippen molar-refractivity contribution in [1.82, 2.24) is 4.98 Å². The number of halogens is 2. The van der Waals surface area contributed by atoms with E-state index in [2.05, 4.69) is 47.4 Å².